The smallest absolute Gasteiger partial charge is 0.343 e. The van der Waals surface area contributed by atoms with Crippen LogP contribution in [0.25, 0.3) is 52.4 Å². The molecule has 3 aromatic heterocycles. The molecule has 2 aliphatic heterocycles. The van der Waals surface area contributed by atoms with Crippen LogP contribution in [0.3, 0.4) is 0 Å². The largest absolute Gasteiger partial charge is 0.477 e. The molecule has 0 unspecified atom stereocenters. The van der Waals surface area contributed by atoms with Gasteiger partial charge in [-0.1, -0.05) is 65.5 Å². The highest BCUT2D eigenvalue weighted by Gasteiger charge is 2.18. The summed E-state index contributed by atoms with van der Waals surface area (Å²) in [4.78, 5) is 41.3. The number of rotatable bonds is 16. The quantitative estimate of drug-likeness (QED) is 0.0356. The first-order valence-electron chi connectivity index (χ1n) is 18.3. The van der Waals surface area contributed by atoms with Crippen LogP contribution in [0.4, 0.5) is 0 Å². The highest BCUT2D eigenvalue weighted by atomic mass is 16.4. The molecule has 0 spiro atoms. The van der Waals surface area contributed by atoms with Crippen molar-refractivity contribution in [1.82, 2.24) is 19.9 Å². The Morgan fingerprint density at radius 3 is 1.56 bits per heavy atom. The molecular formula is C42H50N4O4. The third-order valence-electron chi connectivity index (χ3n) is 9.45. The Morgan fingerprint density at radius 1 is 0.620 bits per heavy atom. The minimum Gasteiger partial charge on any atom is -0.477 e. The van der Waals surface area contributed by atoms with E-state index >= 15 is 0 Å². The molecule has 0 amide bonds. The van der Waals surface area contributed by atoms with Crippen LogP contribution in [0.15, 0.2) is 35.9 Å². The number of aromatic nitrogens is 4. The van der Waals surface area contributed by atoms with Crippen LogP contribution < -0.4 is 0 Å². The number of fused-ring (bicyclic) bond motifs is 8. The molecule has 5 heterocycles. The van der Waals surface area contributed by atoms with Gasteiger partial charge in [-0.15, -0.1) is 0 Å². The number of nitrogens with zero attached hydrogens (tertiary/aromatic N) is 2. The molecule has 0 saturated carbocycles. The zero-order chi connectivity index (χ0) is 35.6. The zero-order valence-corrected chi connectivity index (χ0v) is 29.9. The Bertz CT molecular complexity index is 2010. The molecule has 262 valence electrons. The van der Waals surface area contributed by atoms with Crippen molar-refractivity contribution in [2.75, 3.05) is 0 Å². The number of aryl methyl sites for hydroxylation is 3. The van der Waals surface area contributed by atoms with Gasteiger partial charge in [-0.05, 0) is 106 Å². The average Bonchev–Trinajstić information content (AvgIpc) is 3.92. The molecular weight excluding hydrogens is 624 g/mol. The molecule has 0 aliphatic carbocycles. The van der Waals surface area contributed by atoms with Gasteiger partial charge in [0.25, 0.3) is 0 Å². The maximum absolute atomic E-state index is 11.6. The van der Waals surface area contributed by atoms with E-state index in [9.17, 15) is 19.8 Å². The predicted octanol–water partition coefficient (Wildman–Crippen LogP) is 10.1. The Morgan fingerprint density at radius 2 is 1.06 bits per heavy atom. The molecule has 2 aliphatic rings. The number of aliphatic carboxylic acids is 2. The standard InChI is InChI=1S/C42H50N4O4/c1-5-9-15-28-33-20-21-34(43-33)29(16-10-6-2)36-24-25-38(45-36)31(18-12-8-4)40-27(14-13-19-32(41(47)48)42(49)50)26-39(46-40)30(17-11-7-3)37-23-22-35(28)44-37/h13-14,19-26,45-46H,5-12,15-18H2,1-4H3,(H,47,48)(H,49,50)/b14-13-,33-28?,34-29?,35-28?,36-29?,37-30?,38-31?,39-30?,40-31?. The first kappa shape index (κ1) is 36.3. The summed E-state index contributed by atoms with van der Waals surface area (Å²) in [5.41, 5.74) is 12.5. The molecule has 3 aromatic rings. The molecule has 8 heteroatoms. The van der Waals surface area contributed by atoms with Gasteiger partial charge in [0.15, 0.2) is 0 Å². The summed E-state index contributed by atoms with van der Waals surface area (Å²) in [6.07, 6.45) is 24.7. The zero-order valence-electron chi connectivity index (χ0n) is 29.9. The van der Waals surface area contributed by atoms with Gasteiger partial charge in [-0.3, -0.25) is 0 Å². The molecule has 0 atom stereocenters. The number of allylic oxidation sites excluding steroid dienone is 2. The molecule has 0 aromatic carbocycles. The van der Waals surface area contributed by atoms with E-state index in [-0.39, 0.29) is 0 Å². The van der Waals surface area contributed by atoms with Gasteiger partial charge in [0.05, 0.1) is 28.3 Å². The summed E-state index contributed by atoms with van der Waals surface area (Å²) >= 11 is 0. The monoisotopic (exact) mass is 674 g/mol. The van der Waals surface area contributed by atoms with E-state index in [0.29, 0.717) is 0 Å². The third-order valence-corrected chi connectivity index (χ3v) is 9.45. The second-order valence-corrected chi connectivity index (χ2v) is 13.1. The number of hydrogen-bond donors (Lipinski definition) is 4. The van der Waals surface area contributed by atoms with Crippen LogP contribution >= 0.6 is 0 Å². The number of aromatic amines is 2. The Labute approximate surface area is 294 Å². The van der Waals surface area contributed by atoms with Gasteiger partial charge in [0, 0.05) is 38.8 Å². The number of carbonyl (C=O) groups is 2. The summed E-state index contributed by atoms with van der Waals surface area (Å²) in [6, 6.07) is 6.41. The highest BCUT2D eigenvalue weighted by Crippen LogP contribution is 2.31. The van der Waals surface area contributed by atoms with Crippen LogP contribution in [0.2, 0.25) is 0 Å². The fraction of sp³-hybridized carbons (Fsp3) is 0.381. The van der Waals surface area contributed by atoms with E-state index in [1.807, 2.05) is 0 Å². The summed E-state index contributed by atoms with van der Waals surface area (Å²) < 4.78 is 0. The van der Waals surface area contributed by atoms with Crippen LogP contribution in [0, 0.1) is 0 Å². The first-order valence-corrected chi connectivity index (χ1v) is 18.3. The third kappa shape index (κ3) is 8.24. The van der Waals surface area contributed by atoms with Crippen molar-refractivity contribution in [3.63, 3.8) is 0 Å². The van der Waals surface area contributed by atoms with Crippen LogP contribution in [0.1, 0.15) is 130 Å². The van der Waals surface area contributed by atoms with Gasteiger partial charge in [-0.2, -0.15) is 0 Å². The van der Waals surface area contributed by atoms with Crippen molar-refractivity contribution >= 4 is 64.4 Å². The molecule has 0 fully saturated rings. The van der Waals surface area contributed by atoms with Crippen LogP contribution in [0.5, 0.6) is 0 Å². The Balaban J connectivity index is 1.94. The summed E-state index contributed by atoms with van der Waals surface area (Å²) in [7, 11) is 0. The van der Waals surface area contributed by atoms with Crippen molar-refractivity contribution in [2.45, 2.75) is 105 Å². The fourth-order valence-electron chi connectivity index (χ4n) is 6.64. The number of carboxylic acids is 2. The van der Waals surface area contributed by atoms with E-state index < -0.39 is 17.5 Å². The minimum atomic E-state index is -1.48. The van der Waals surface area contributed by atoms with Gasteiger partial charge < -0.3 is 20.2 Å². The van der Waals surface area contributed by atoms with E-state index in [2.05, 4.69) is 80.2 Å². The number of nitrogens with one attached hydrogen (secondary N) is 2. The van der Waals surface area contributed by atoms with Crippen molar-refractivity contribution in [2.24, 2.45) is 0 Å². The Hall–Kier alpha value is -4.98. The highest BCUT2D eigenvalue weighted by molar-refractivity contribution is 6.12. The van der Waals surface area contributed by atoms with Gasteiger partial charge in [0.2, 0.25) is 0 Å². The summed E-state index contributed by atoms with van der Waals surface area (Å²) in [6.45, 7) is 8.78. The predicted molar refractivity (Wildman–Crippen MR) is 206 cm³/mol. The summed E-state index contributed by atoms with van der Waals surface area (Å²) in [5, 5.41) is 18.9. The molecule has 5 rings (SSSR count). The van der Waals surface area contributed by atoms with Crippen molar-refractivity contribution in [1.29, 1.82) is 0 Å². The van der Waals surface area contributed by atoms with Crippen molar-refractivity contribution in [3.05, 3.63) is 86.5 Å². The molecule has 4 N–H and O–H groups in total. The van der Waals surface area contributed by atoms with Crippen molar-refractivity contribution < 1.29 is 19.8 Å². The maximum atomic E-state index is 11.6. The average molecular weight is 675 g/mol. The minimum absolute atomic E-state index is 0.689. The molecule has 0 saturated heterocycles. The van der Waals surface area contributed by atoms with Crippen molar-refractivity contribution in [3.8, 4) is 0 Å². The molecule has 8 bridgehead atoms. The molecule has 8 nitrogen and oxygen atoms in total. The lowest BCUT2D eigenvalue weighted by molar-refractivity contribution is -0.140. The second kappa shape index (κ2) is 17.1. The lowest BCUT2D eigenvalue weighted by atomic mass is 10.0. The van der Waals surface area contributed by atoms with Gasteiger partial charge >= 0.3 is 11.9 Å². The van der Waals surface area contributed by atoms with Crippen LogP contribution in [-0.4, -0.2) is 42.1 Å². The number of unbranched alkanes of at least 4 members (excludes halogenated alkanes) is 4. The fourth-order valence-corrected chi connectivity index (χ4v) is 6.64. The lowest BCUT2D eigenvalue weighted by Crippen LogP contribution is -2.10. The van der Waals surface area contributed by atoms with Crippen LogP contribution in [-0.2, 0) is 35.3 Å². The van der Waals surface area contributed by atoms with E-state index in [1.165, 1.54) is 17.2 Å². The SMILES string of the molecule is CCCCc1c2nc(c(CCCC)c3ccc([nH]3)c(CCCC)c3[nH]c(cc3/C=C\C=C(C(=O)O)C(=O)O)c(CCCC)c3nc1C=C3)C=C2. The normalized spacial score (nSPS) is 12.2. The van der Waals surface area contributed by atoms with E-state index in [0.717, 1.165) is 145 Å². The molecule has 50 heavy (non-hydrogen) atoms. The second-order valence-electron chi connectivity index (χ2n) is 13.1. The van der Waals surface area contributed by atoms with E-state index in [1.54, 1.807) is 6.08 Å². The maximum Gasteiger partial charge on any atom is 0.343 e. The first-order chi connectivity index (χ1) is 24.3. The van der Waals surface area contributed by atoms with Gasteiger partial charge in [-0.25, -0.2) is 19.6 Å². The number of H-pyrrole nitrogens is 2. The number of carboxylic acid groups (broad SMARTS) is 2. The number of hydrogen-bond acceptors (Lipinski definition) is 4. The topological polar surface area (TPSA) is 132 Å². The van der Waals surface area contributed by atoms with Gasteiger partial charge in [0.1, 0.15) is 5.57 Å². The summed E-state index contributed by atoms with van der Waals surface area (Å²) in [5.74, 6) is -2.96. The lowest BCUT2D eigenvalue weighted by Gasteiger charge is -2.06. The Kier molecular flexibility index (Phi) is 12.4. The van der Waals surface area contributed by atoms with E-state index in [4.69, 9.17) is 9.97 Å². The molecule has 0 radical (unpaired) electrons.